The maximum Gasteiger partial charge on any atom is 0.120 e. The van der Waals surface area contributed by atoms with Gasteiger partial charge >= 0.3 is 0 Å². The van der Waals surface area contributed by atoms with Gasteiger partial charge in [-0.15, -0.1) is 0 Å². The van der Waals surface area contributed by atoms with Crippen LogP contribution in [0.4, 0.5) is 0 Å². The first kappa shape index (κ1) is 10.8. The number of phenolic OH excluding ortho intramolecular Hbond substituents is 1. The number of aromatic hydroxyl groups is 1. The smallest absolute Gasteiger partial charge is 0.120 e. The molecule has 15 heavy (non-hydrogen) atoms. The second kappa shape index (κ2) is 5.42. The van der Waals surface area contributed by atoms with Crippen LogP contribution in [-0.4, -0.2) is 23.2 Å². The third kappa shape index (κ3) is 3.14. The van der Waals surface area contributed by atoms with Crippen LogP contribution < -0.4 is 5.32 Å². The quantitative estimate of drug-likeness (QED) is 0.821. The molecular formula is C12H17NOS. The Morgan fingerprint density at radius 2 is 2.27 bits per heavy atom. The Morgan fingerprint density at radius 1 is 1.40 bits per heavy atom. The molecule has 2 N–H and O–H groups in total. The number of rotatable bonds is 4. The van der Waals surface area contributed by atoms with E-state index < -0.39 is 0 Å². The molecular weight excluding hydrogens is 206 g/mol. The van der Waals surface area contributed by atoms with Gasteiger partial charge in [0.1, 0.15) is 5.75 Å². The topological polar surface area (TPSA) is 32.3 Å². The first-order chi connectivity index (χ1) is 7.36. The summed E-state index contributed by atoms with van der Waals surface area (Å²) in [5.74, 6) is 3.81. The van der Waals surface area contributed by atoms with Crippen LogP contribution in [0.15, 0.2) is 24.3 Å². The first-order valence-electron chi connectivity index (χ1n) is 5.41. The van der Waals surface area contributed by atoms with Crippen LogP contribution in [-0.2, 0) is 6.54 Å². The molecule has 0 bridgehead atoms. The average Bonchev–Trinajstić information content (AvgIpc) is 2.74. The van der Waals surface area contributed by atoms with Crippen molar-refractivity contribution < 1.29 is 5.11 Å². The molecule has 2 rings (SSSR count). The molecule has 0 aromatic heterocycles. The summed E-state index contributed by atoms with van der Waals surface area (Å²) in [7, 11) is 0. The van der Waals surface area contributed by atoms with Crippen LogP contribution in [0.25, 0.3) is 0 Å². The van der Waals surface area contributed by atoms with Crippen LogP contribution in [0.2, 0.25) is 0 Å². The normalized spacial score (nSPS) is 20.7. The van der Waals surface area contributed by atoms with Gasteiger partial charge in [-0.1, -0.05) is 18.2 Å². The Kier molecular flexibility index (Phi) is 3.92. The minimum absolute atomic E-state index is 0.394. The maximum absolute atomic E-state index is 9.56. The summed E-state index contributed by atoms with van der Waals surface area (Å²) in [6.07, 6.45) is 1.33. The number of para-hydroxylation sites is 1. The SMILES string of the molecule is Oc1ccccc1CNCC1CCSC1. The number of hydrogen-bond acceptors (Lipinski definition) is 3. The molecule has 3 heteroatoms. The van der Waals surface area contributed by atoms with E-state index in [9.17, 15) is 5.11 Å². The monoisotopic (exact) mass is 223 g/mol. The fourth-order valence-corrected chi connectivity index (χ4v) is 3.10. The second-order valence-corrected chi connectivity index (χ2v) is 5.14. The van der Waals surface area contributed by atoms with Crippen molar-refractivity contribution >= 4 is 11.8 Å². The van der Waals surface area contributed by atoms with Gasteiger partial charge in [0.25, 0.3) is 0 Å². The van der Waals surface area contributed by atoms with Crippen molar-refractivity contribution in [3.63, 3.8) is 0 Å². The molecule has 0 spiro atoms. The third-order valence-corrected chi connectivity index (χ3v) is 4.00. The number of thioether (sulfide) groups is 1. The molecule has 1 aliphatic rings. The van der Waals surface area contributed by atoms with Gasteiger partial charge < -0.3 is 10.4 Å². The van der Waals surface area contributed by atoms with Gasteiger partial charge in [-0.3, -0.25) is 0 Å². The Bertz CT molecular complexity index is 310. The van der Waals surface area contributed by atoms with E-state index in [2.05, 4.69) is 5.32 Å². The lowest BCUT2D eigenvalue weighted by Crippen LogP contribution is -2.22. The summed E-state index contributed by atoms with van der Waals surface area (Å²) in [4.78, 5) is 0. The van der Waals surface area contributed by atoms with Gasteiger partial charge in [-0.25, -0.2) is 0 Å². The van der Waals surface area contributed by atoms with E-state index in [0.29, 0.717) is 5.75 Å². The minimum atomic E-state index is 0.394. The van der Waals surface area contributed by atoms with Crippen molar-refractivity contribution in [2.75, 3.05) is 18.1 Å². The van der Waals surface area contributed by atoms with Crippen molar-refractivity contribution in [1.29, 1.82) is 0 Å². The molecule has 1 unspecified atom stereocenters. The van der Waals surface area contributed by atoms with E-state index in [1.165, 1.54) is 17.9 Å². The van der Waals surface area contributed by atoms with Crippen molar-refractivity contribution in [2.24, 2.45) is 5.92 Å². The predicted octanol–water partition coefficient (Wildman–Crippen LogP) is 2.23. The molecule has 0 amide bonds. The van der Waals surface area contributed by atoms with Gasteiger partial charge in [0, 0.05) is 12.1 Å². The summed E-state index contributed by atoms with van der Waals surface area (Å²) >= 11 is 2.04. The Morgan fingerprint density at radius 3 is 3.00 bits per heavy atom. The fourth-order valence-electron chi connectivity index (χ4n) is 1.82. The van der Waals surface area contributed by atoms with E-state index in [1.807, 2.05) is 30.0 Å². The first-order valence-corrected chi connectivity index (χ1v) is 6.57. The highest BCUT2D eigenvalue weighted by molar-refractivity contribution is 7.99. The van der Waals surface area contributed by atoms with Crippen molar-refractivity contribution in [1.82, 2.24) is 5.32 Å². The van der Waals surface area contributed by atoms with Gasteiger partial charge in [-0.05, 0) is 36.5 Å². The van der Waals surface area contributed by atoms with Crippen LogP contribution in [0.1, 0.15) is 12.0 Å². The summed E-state index contributed by atoms with van der Waals surface area (Å²) in [5.41, 5.74) is 0.989. The van der Waals surface area contributed by atoms with Gasteiger partial charge in [-0.2, -0.15) is 11.8 Å². The number of nitrogens with one attached hydrogen (secondary N) is 1. The Balaban J connectivity index is 1.75. The Labute approximate surface area is 95.1 Å². The maximum atomic E-state index is 9.56. The number of hydrogen-bond donors (Lipinski definition) is 2. The van der Waals surface area contributed by atoms with Crippen LogP contribution in [0, 0.1) is 5.92 Å². The van der Waals surface area contributed by atoms with E-state index in [-0.39, 0.29) is 0 Å². The van der Waals surface area contributed by atoms with Gasteiger partial charge in [0.05, 0.1) is 0 Å². The molecule has 82 valence electrons. The third-order valence-electron chi connectivity index (χ3n) is 2.76. The predicted molar refractivity (Wildman–Crippen MR) is 65.2 cm³/mol. The van der Waals surface area contributed by atoms with Crippen LogP contribution >= 0.6 is 11.8 Å². The molecule has 0 aliphatic carbocycles. The molecule has 1 atom stereocenters. The van der Waals surface area contributed by atoms with Crippen LogP contribution in [0.3, 0.4) is 0 Å². The largest absolute Gasteiger partial charge is 0.508 e. The highest BCUT2D eigenvalue weighted by Gasteiger charge is 2.14. The zero-order valence-corrected chi connectivity index (χ0v) is 9.59. The standard InChI is InChI=1S/C12H17NOS/c14-12-4-2-1-3-11(12)8-13-7-10-5-6-15-9-10/h1-4,10,13-14H,5-9H2. The van der Waals surface area contributed by atoms with E-state index in [4.69, 9.17) is 0 Å². The van der Waals surface area contributed by atoms with E-state index in [0.717, 1.165) is 24.6 Å². The summed E-state index contributed by atoms with van der Waals surface area (Å²) in [6.45, 7) is 1.84. The summed E-state index contributed by atoms with van der Waals surface area (Å²) in [6, 6.07) is 7.52. The molecule has 0 radical (unpaired) electrons. The lowest BCUT2D eigenvalue weighted by molar-refractivity contribution is 0.459. The van der Waals surface area contributed by atoms with Gasteiger partial charge in [0.2, 0.25) is 0 Å². The van der Waals surface area contributed by atoms with Crippen molar-refractivity contribution in [3.8, 4) is 5.75 Å². The van der Waals surface area contributed by atoms with Crippen LogP contribution in [0.5, 0.6) is 5.75 Å². The van der Waals surface area contributed by atoms with Crippen molar-refractivity contribution in [2.45, 2.75) is 13.0 Å². The summed E-state index contributed by atoms with van der Waals surface area (Å²) in [5, 5.41) is 13.0. The molecule has 0 saturated carbocycles. The highest BCUT2D eigenvalue weighted by atomic mass is 32.2. The zero-order chi connectivity index (χ0) is 10.5. The Hall–Kier alpha value is -0.670. The molecule has 1 aliphatic heterocycles. The molecule has 1 heterocycles. The minimum Gasteiger partial charge on any atom is -0.508 e. The number of phenols is 1. The number of benzene rings is 1. The zero-order valence-electron chi connectivity index (χ0n) is 8.78. The molecule has 1 saturated heterocycles. The molecule has 2 nitrogen and oxygen atoms in total. The van der Waals surface area contributed by atoms with E-state index >= 15 is 0 Å². The molecule has 1 fully saturated rings. The summed E-state index contributed by atoms with van der Waals surface area (Å²) < 4.78 is 0. The lowest BCUT2D eigenvalue weighted by atomic mass is 10.1. The van der Waals surface area contributed by atoms with Crippen molar-refractivity contribution in [3.05, 3.63) is 29.8 Å². The molecule has 1 aromatic rings. The highest BCUT2D eigenvalue weighted by Crippen LogP contribution is 2.22. The average molecular weight is 223 g/mol. The van der Waals surface area contributed by atoms with E-state index in [1.54, 1.807) is 6.07 Å². The van der Waals surface area contributed by atoms with Gasteiger partial charge in [0.15, 0.2) is 0 Å². The lowest BCUT2D eigenvalue weighted by Gasteiger charge is -2.10. The fraction of sp³-hybridized carbons (Fsp3) is 0.500. The molecule has 1 aromatic carbocycles. The second-order valence-electron chi connectivity index (χ2n) is 3.99.